The number of rotatable bonds is 7. The first-order chi connectivity index (χ1) is 13.8. The maximum atomic E-state index is 13.6. The van der Waals surface area contributed by atoms with Crippen LogP contribution in [0.5, 0.6) is 0 Å². The van der Waals surface area contributed by atoms with Crippen LogP contribution in [0, 0.1) is 12.7 Å². The van der Waals surface area contributed by atoms with Crippen LogP contribution in [-0.4, -0.2) is 27.8 Å². The molecule has 0 aliphatic carbocycles. The van der Waals surface area contributed by atoms with Crippen molar-refractivity contribution in [2.24, 2.45) is 0 Å². The van der Waals surface area contributed by atoms with E-state index in [1.54, 1.807) is 55.5 Å². The number of aryl methyl sites for hydroxylation is 1. The molecule has 0 bridgehead atoms. The van der Waals surface area contributed by atoms with Crippen LogP contribution < -0.4 is 9.62 Å². The van der Waals surface area contributed by atoms with Crippen LogP contribution in [0.2, 0.25) is 0 Å². The first-order valence-corrected chi connectivity index (χ1v) is 10.4. The quantitative estimate of drug-likeness (QED) is 0.589. The molecular weight excluding hydrogens is 391 g/mol. The summed E-state index contributed by atoms with van der Waals surface area (Å²) < 4.78 is 40.4. The van der Waals surface area contributed by atoms with E-state index < -0.39 is 15.8 Å². The largest absolute Gasteiger partial charge is 0.378 e. The minimum absolute atomic E-state index is 0.0293. The third-order valence-electron chi connectivity index (χ3n) is 4.58. The van der Waals surface area contributed by atoms with Gasteiger partial charge >= 0.3 is 0 Å². The monoisotopic (exact) mass is 412 g/mol. The molecule has 0 spiro atoms. The van der Waals surface area contributed by atoms with Gasteiger partial charge in [-0.15, -0.1) is 0 Å². The number of nitrogens with one attached hydrogen (secondary N) is 1. The summed E-state index contributed by atoms with van der Waals surface area (Å²) >= 11 is 0. The van der Waals surface area contributed by atoms with Crippen molar-refractivity contribution in [3.05, 3.63) is 89.7 Å². The standard InChI is InChI=1S/C22H21FN2O3S/c1-16-8-9-17(14-21(16)23)22(26)15-24-18-10-12-20(13-11-18)29(27,28)25(2)19-6-4-3-5-7-19/h3-14,24H,15H2,1-2H3. The zero-order valence-electron chi connectivity index (χ0n) is 16.1. The molecular formula is C22H21FN2O3S. The Morgan fingerprint density at radius 3 is 2.28 bits per heavy atom. The van der Waals surface area contributed by atoms with Gasteiger partial charge in [0.2, 0.25) is 0 Å². The van der Waals surface area contributed by atoms with Crippen LogP contribution in [0.3, 0.4) is 0 Å². The highest BCUT2D eigenvalue weighted by Crippen LogP contribution is 2.23. The lowest BCUT2D eigenvalue weighted by Gasteiger charge is -2.19. The van der Waals surface area contributed by atoms with Gasteiger partial charge in [-0.1, -0.05) is 30.3 Å². The maximum Gasteiger partial charge on any atom is 0.264 e. The van der Waals surface area contributed by atoms with E-state index in [9.17, 15) is 17.6 Å². The molecule has 0 aliphatic rings. The number of carbonyl (C=O) groups excluding carboxylic acids is 1. The van der Waals surface area contributed by atoms with Crippen molar-refractivity contribution in [3.63, 3.8) is 0 Å². The average molecular weight is 412 g/mol. The van der Waals surface area contributed by atoms with Crippen LogP contribution in [0.1, 0.15) is 15.9 Å². The third kappa shape index (κ3) is 4.63. The molecule has 0 atom stereocenters. The van der Waals surface area contributed by atoms with Crippen molar-refractivity contribution in [1.29, 1.82) is 0 Å². The van der Waals surface area contributed by atoms with Crippen molar-refractivity contribution in [2.75, 3.05) is 23.2 Å². The number of ketones is 1. The van der Waals surface area contributed by atoms with Gasteiger partial charge in [0, 0.05) is 18.3 Å². The second-order valence-electron chi connectivity index (χ2n) is 6.57. The number of nitrogens with zero attached hydrogens (tertiary/aromatic N) is 1. The van der Waals surface area contributed by atoms with E-state index in [1.807, 2.05) is 6.07 Å². The topological polar surface area (TPSA) is 66.5 Å². The van der Waals surface area contributed by atoms with Crippen molar-refractivity contribution < 1.29 is 17.6 Å². The Morgan fingerprint density at radius 1 is 1.00 bits per heavy atom. The van der Waals surface area contributed by atoms with Gasteiger partial charge in [0.15, 0.2) is 5.78 Å². The summed E-state index contributed by atoms with van der Waals surface area (Å²) in [5.74, 6) is -0.683. The summed E-state index contributed by atoms with van der Waals surface area (Å²) in [4.78, 5) is 12.4. The molecule has 3 aromatic carbocycles. The van der Waals surface area contributed by atoms with E-state index in [-0.39, 0.29) is 22.8 Å². The highest BCUT2D eigenvalue weighted by atomic mass is 32.2. The molecule has 0 fully saturated rings. The first kappa shape index (κ1) is 20.5. The molecule has 3 aromatic rings. The van der Waals surface area contributed by atoms with E-state index in [0.717, 1.165) is 0 Å². The van der Waals surface area contributed by atoms with Crippen LogP contribution >= 0.6 is 0 Å². The smallest absolute Gasteiger partial charge is 0.264 e. The lowest BCUT2D eigenvalue weighted by molar-refractivity contribution is 0.101. The second kappa shape index (κ2) is 8.45. The third-order valence-corrected chi connectivity index (χ3v) is 6.38. The number of Topliss-reactive ketones (excluding diaryl/α,β-unsaturated/α-hetero) is 1. The highest BCUT2D eigenvalue weighted by Gasteiger charge is 2.21. The van der Waals surface area contributed by atoms with Crippen molar-refractivity contribution in [2.45, 2.75) is 11.8 Å². The van der Waals surface area contributed by atoms with Gasteiger partial charge in [-0.3, -0.25) is 9.10 Å². The van der Waals surface area contributed by atoms with E-state index in [1.165, 1.54) is 29.6 Å². The molecule has 0 unspecified atom stereocenters. The van der Waals surface area contributed by atoms with Gasteiger partial charge in [-0.25, -0.2) is 12.8 Å². The number of anilines is 2. The SMILES string of the molecule is Cc1ccc(C(=O)CNc2ccc(S(=O)(=O)N(C)c3ccccc3)cc2)cc1F. The lowest BCUT2D eigenvalue weighted by atomic mass is 10.1. The predicted octanol–water partition coefficient (Wildman–Crippen LogP) is 4.25. The average Bonchev–Trinajstić information content (AvgIpc) is 2.74. The Morgan fingerprint density at radius 2 is 1.66 bits per heavy atom. The maximum absolute atomic E-state index is 13.6. The van der Waals surface area contributed by atoms with Gasteiger partial charge < -0.3 is 5.32 Å². The summed E-state index contributed by atoms with van der Waals surface area (Å²) in [5, 5.41) is 2.94. The Kier molecular flexibility index (Phi) is 5.98. The molecule has 7 heteroatoms. The molecule has 0 heterocycles. The zero-order valence-corrected chi connectivity index (χ0v) is 16.9. The minimum atomic E-state index is -3.69. The van der Waals surface area contributed by atoms with E-state index in [2.05, 4.69) is 5.32 Å². The molecule has 0 saturated heterocycles. The summed E-state index contributed by atoms with van der Waals surface area (Å²) in [6, 6.07) is 19.3. The number of para-hydroxylation sites is 1. The number of hydrogen-bond donors (Lipinski definition) is 1. The molecule has 29 heavy (non-hydrogen) atoms. The zero-order chi connectivity index (χ0) is 21.0. The minimum Gasteiger partial charge on any atom is -0.378 e. The van der Waals surface area contributed by atoms with Crippen LogP contribution in [0.4, 0.5) is 15.8 Å². The van der Waals surface area contributed by atoms with Crippen LogP contribution in [-0.2, 0) is 10.0 Å². The van der Waals surface area contributed by atoms with Crippen LogP contribution in [0.15, 0.2) is 77.7 Å². The van der Waals surface area contributed by atoms with Crippen molar-refractivity contribution in [3.8, 4) is 0 Å². The van der Waals surface area contributed by atoms with Gasteiger partial charge in [-0.05, 0) is 55.0 Å². The molecule has 0 aliphatic heterocycles. The number of halogens is 1. The molecule has 0 radical (unpaired) electrons. The van der Waals surface area contributed by atoms with Gasteiger partial charge in [0.25, 0.3) is 10.0 Å². The van der Waals surface area contributed by atoms with Crippen molar-refractivity contribution >= 4 is 27.2 Å². The van der Waals surface area contributed by atoms with E-state index in [0.29, 0.717) is 16.9 Å². The Bertz CT molecular complexity index is 1110. The number of carbonyl (C=O) groups is 1. The van der Waals surface area contributed by atoms with E-state index in [4.69, 9.17) is 0 Å². The summed E-state index contributed by atoms with van der Waals surface area (Å²) in [6.45, 7) is 1.60. The molecule has 0 amide bonds. The van der Waals surface area contributed by atoms with Gasteiger partial charge in [-0.2, -0.15) is 0 Å². The normalized spacial score (nSPS) is 11.1. The molecule has 150 valence electrons. The fourth-order valence-electron chi connectivity index (χ4n) is 2.73. The van der Waals surface area contributed by atoms with Crippen molar-refractivity contribution in [1.82, 2.24) is 0 Å². The lowest BCUT2D eigenvalue weighted by Crippen LogP contribution is -2.26. The molecule has 5 nitrogen and oxygen atoms in total. The fraction of sp³-hybridized carbons (Fsp3) is 0.136. The molecule has 3 rings (SSSR count). The van der Waals surface area contributed by atoms with Crippen LogP contribution in [0.25, 0.3) is 0 Å². The van der Waals surface area contributed by atoms with E-state index >= 15 is 0 Å². The Balaban J connectivity index is 1.68. The fourth-order valence-corrected chi connectivity index (χ4v) is 3.93. The molecule has 0 saturated carbocycles. The Hall–Kier alpha value is -3.19. The Labute approximate surface area is 169 Å². The summed E-state index contributed by atoms with van der Waals surface area (Å²) in [5.41, 5.74) is 1.91. The number of sulfonamides is 1. The number of benzene rings is 3. The second-order valence-corrected chi connectivity index (χ2v) is 8.54. The molecule has 0 aromatic heterocycles. The first-order valence-electron chi connectivity index (χ1n) is 8.96. The van der Waals surface area contributed by atoms with Gasteiger partial charge in [0.05, 0.1) is 17.1 Å². The predicted molar refractivity (Wildman–Crippen MR) is 112 cm³/mol. The highest BCUT2D eigenvalue weighted by molar-refractivity contribution is 7.92. The summed E-state index contributed by atoms with van der Waals surface area (Å²) in [7, 11) is -2.20. The van der Waals surface area contributed by atoms with Gasteiger partial charge in [0.1, 0.15) is 5.82 Å². The summed E-state index contributed by atoms with van der Waals surface area (Å²) in [6.07, 6.45) is 0. The number of hydrogen-bond acceptors (Lipinski definition) is 4. The molecule has 1 N–H and O–H groups in total.